The number of carboxylic acids is 1. The quantitative estimate of drug-likeness (QED) is 0.799. The number of aromatic nitrogens is 1. The maximum absolute atomic E-state index is 13.0. The smallest absolute Gasteiger partial charge is 0.397 e. The molecule has 0 amide bonds. The number of nitrogens with two attached hydrogens (primary N) is 1. The number of rotatable bonds is 3. The Morgan fingerprint density at radius 3 is 2.58 bits per heavy atom. The number of alkyl halides is 3. The summed E-state index contributed by atoms with van der Waals surface area (Å²) in [5, 5.41) is 9.00. The highest BCUT2D eigenvalue weighted by Crippen LogP contribution is 2.39. The van der Waals surface area contributed by atoms with Gasteiger partial charge in [-0.1, -0.05) is 18.2 Å². The zero-order chi connectivity index (χ0) is 14.2. The number of carboxylic acid groups (broad SMARTS) is 1. The van der Waals surface area contributed by atoms with Gasteiger partial charge in [0.1, 0.15) is 12.0 Å². The van der Waals surface area contributed by atoms with Gasteiger partial charge in [-0.25, -0.2) is 0 Å². The van der Waals surface area contributed by atoms with E-state index in [1.54, 1.807) is 18.2 Å². The minimum atomic E-state index is -4.76. The molecule has 0 aliphatic carbocycles. The lowest BCUT2D eigenvalue weighted by molar-refractivity contribution is -0.167. The van der Waals surface area contributed by atoms with Crippen LogP contribution in [0.15, 0.2) is 24.3 Å². The summed E-state index contributed by atoms with van der Waals surface area (Å²) in [6, 6.07) is 4.18. The summed E-state index contributed by atoms with van der Waals surface area (Å²) < 4.78 is 39.1. The first-order valence-corrected chi connectivity index (χ1v) is 5.35. The molecule has 0 saturated carbocycles. The highest BCUT2D eigenvalue weighted by molar-refractivity contribution is 5.85. The highest BCUT2D eigenvalue weighted by Gasteiger charge is 2.48. The molecule has 0 spiro atoms. The normalized spacial score (nSPS) is 15.4. The molecule has 4 N–H and O–H groups in total. The van der Waals surface area contributed by atoms with Crippen molar-refractivity contribution in [2.45, 2.75) is 18.1 Å². The van der Waals surface area contributed by atoms with Crippen molar-refractivity contribution in [3.05, 3.63) is 36.0 Å². The van der Waals surface area contributed by atoms with E-state index in [0.29, 0.717) is 5.52 Å². The first kappa shape index (κ1) is 13.4. The number of H-pyrrole nitrogens is 1. The van der Waals surface area contributed by atoms with Crippen LogP contribution in [0.5, 0.6) is 0 Å². The average molecular weight is 271 g/mol. The SMILES string of the molecule is NC(C(=O)O)C(c1[c][nH]c2ccccc12)C(F)(F)F. The van der Waals surface area contributed by atoms with Gasteiger partial charge in [0.05, 0.1) is 6.20 Å². The van der Waals surface area contributed by atoms with Crippen molar-refractivity contribution >= 4 is 16.9 Å². The topological polar surface area (TPSA) is 79.1 Å². The molecular weight excluding hydrogens is 261 g/mol. The molecule has 0 saturated heterocycles. The lowest BCUT2D eigenvalue weighted by Gasteiger charge is -2.23. The van der Waals surface area contributed by atoms with E-state index in [0.717, 1.165) is 0 Å². The van der Waals surface area contributed by atoms with Crippen LogP contribution in [-0.2, 0) is 4.79 Å². The third-order valence-corrected chi connectivity index (χ3v) is 2.86. The fourth-order valence-corrected chi connectivity index (χ4v) is 1.96. The molecule has 19 heavy (non-hydrogen) atoms. The molecule has 0 fully saturated rings. The van der Waals surface area contributed by atoms with Gasteiger partial charge in [0.15, 0.2) is 0 Å². The molecule has 2 rings (SSSR count). The van der Waals surface area contributed by atoms with E-state index < -0.39 is 24.1 Å². The Kier molecular flexibility index (Phi) is 3.23. The number of aliphatic carboxylic acids is 1. The Morgan fingerprint density at radius 2 is 2.00 bits per heavy atom. The van der Waals surface area contributed by atoms with Crippen molar-refractivity contribution in [3.8, 4) is 0 Å². The summed E-state index contributed by atoms with van der Waals surface area (Å²) in [7, 11) is 0. The van der Waals surface area contributed by atoms with Crippen molar-refractivity contribution in [1.29, 1.82) is 0 Å². The van der Waals surface area contributed by atoms with E-state index in [1.165, 1.54) is 6.07 Å². The second-order valence-corrected chi connectivity index (χ2v) is 4.09. The molecule has 2 aromatic rings. The molecule has 2 atom stereocenters. The first-order valence-electron chi connectivity index (χ1n) is 5.35. The van der Waals surface area contributed by atoms with Gasteiger partial charge in [0.2, 0.25) is 0 Å². The van der Waals surface area contributed by atoms with Crippen LogP contribution >= 0.6 is 0 Å². The number of hydrogen-bond donors (Lipinski definition) is 3. The van der Waals surface area contributed by atoms with Crippen molar-refractivity contribution in [2.24, 2.45) is 5.73 Å². The molecule has 1 radical (unpaired) electrons. The molecule has 1 heterocycles. The number of fused-ring (bicyclic) bond motifs is 1. The molecule has 0 bridgehead atoms. The largest absolute Gasteiger partial charge is 0.480 e. The third kappa shape index (κ3) is 2.41. The van der Waals surface area contributed by atoms with Gasteiger partial charge in [0.25, 0.3) is 0 Å². The van der Waals surface area contributed by atoms with Gasteiger partial charge in [-0.05, 0) is 6.07 Å². The summed E-state index contributed by atoms with van der Waals surface area (Å²) in [4.78, 5) is 13.3. The predicted octanol–water partition coefficient (Wildman–Crippen LogP) is 2.03. The fraction of sp³-hybridized carbons (Fsp3) is 0.250. The Labute approximate surface area is 106 Å². The van der Waals surface area contributed by atoms with Gasteiger partial charge in [-0.15, -0.1) is 0 Å². The number of benzene rings is 1. The standard InChI is InChI=1S/C12H10F3N2O2/c13-12(14,15)9(10(16)11(18)19)7-5-17-8-4-2-1-3-6(7)8/h1-4,9-10,17H,16H2,(H,18,19). The van der Waals surface area contributed by atoms with Crippen LogP contribution in [-0.4, -0.2) is 28.3 Å². The van der Waals surface area contributed by atoms with Crippen LogP contribution in [0, 0.1) is 6.20 Å². The minimum absolute atomic E-state index is 0.265. The lowest BCUT2D eigenvalue weighted by Crippen LogP contribution is -2.43. The zero-order valence-electron chi connectivity index (χ0n) is 9.53. The average Bonchev–Trinajstić information content (AvgIpc) is 2.71. The van der Waals surface area contributed by atoms with Crippen molar-refractivity contribution < 1.29 is 23.1 Å². The Bertz CT molecular complexity index is 606. The maximum Gasteiger partial charge on any atom is 0.397 e. The number of hydrogen-bond acceptors (Lipinski definition) is 2. The number of halogens is 3. The van der Waals surface area contributed by atoms with Gasteiger partial charge in [0, 0.05) is 16.5 Å². The Hall–Kier alpha value is -2.02. The molecule has 101 valence electrons. The van der Waals surface area contributed by atoms with E-state index in [4.69, 9.17) is 10.8 Å². The summed E-state index contributed by atoms with van der Waals surface area (Å²) >= 11 is 0. The zero-order valence-corrected chi connectivity index (χ0v) is 9.53. The molecule has 2 unspecified atom stereocenters. The van der Waals surface area contributed by atoms with Gasteiger partial charge in [-0.2, -0.15) is 13.2 Å². The molecular formula is C12H10F3N2O2. The predicted molar refractivity (Wildman–Crippen MR) is 61.5 cm³/mol. The number of carbonyl (C=O) groups is 1. The van der Waals surface area contributed by atoms with E-state index >= 15 is 0 Å². The molecule has 0 aliphatic heterocycles. The second kappa shape index (κ2) is 4.58. The first-order chi connectivity index (χ1) is 8.82. The maximum atomic E-state index is 13.0. The summed E-state index contributed by atoms with van der Waals surface area (Å²) in [6.45, 7) is 0. The van der Waals surface area contributed by atoms with Crippen molar-refractivity contribution in [3.63, 3.8) is 0 Å². The summed E-state index contributed by atoms with van der Waals surface area (Å²) in [5.74, 6) is -4.01. The van der Waals surface area contributed by atoms with Crippen LogP contribution in [0.2, 0.25) is 0 Å². The number of para-hydroxylation sites is 1. The van der Waals surface area contributed by atoms with Crippen LogP contribution in [0.25, 0.3) is 10.9 Å². The highest BCUT2D eigenvalue weighted by atomic mass is 19.4. The lowest BCUT2D eigenvalue weighted by atomic mass is 9.91. The van der Waals surface area contributed by atoms with Crippen LogP contribution in [0.3, 0.4) is 0 Å². The Morgan fingerprint density at radius 1 is 1.37 bits per heavy atom. The summed E-state index contributed by atoms with van der Waals surface area (Å²) in [6.07, 6.45) is -2.40. The van der Waals surface area contributed by atoms with Gasteiger partial charge in [-0.3, -0.25) is 4.79 Å². The van der Waals surface area contributed by atoms with Crippen LogP contribution in [0.4, 0.5) is 13.2 Å². The molecule has 1 aromatic heterocycles. The fourth-order valence-electron chi connectivity index (χ4n) is 1.96. The van der Waals surface area contributed by atoms with Crippen molar-refractivity contribution in [1.82, 2.24) is 4.98 Å². The van der Waals surface area contributed by atoms with E-state index in [9.17, 15) is 18.0 Å². The van der Waals surface area contributed by atoms with E-state index in [-0.39, 0.29) is 10.9 Å². The number of nitrogens with one attached hydrogen (secondary N) is 1. The summed E-state index contributed by atoms with van der Waals surface area (Å²) in [5.41, 5.74) is 5.34. The van der Waals surface area contributed by atoms with E-state index in [2.05, 4.69) is 11.2 Å². The van der Waals surface area contributed by atoms with Crippen LogP contribution < -0.4 is 5.73 Å². The van der Waals surface area contributed by atoms with Crippen molar-refractivity contribution in [2.75, 3.05) is 0 Å². The van der Waals surface area contributed by atoms with Crippen LogP contribution in [0.1, 0.15) is 11.5 Å². The molecule has 4 nitrogen and oxygen atoms in total. The number of aromatic amines is 1. The molecule has 1 aromatic carbocycles. The molecule has 7 heteroatoms. The monoisotopic (exact) mass is 271 g/mol. The Balaban J connectivity index is 2.58. The second-order valence-electron chi connectivity index (χ2n) is 4.09. The minimum Gasteiger partial charge on any atom is -0.480 e. The van der Waals surface area contributed by atoms with Gasteiger partial charge >= 0.3 is 12.1 Å². The third-order valence-electron chi connectivity index (χ3n) is 2.86. The molecule has 0 aliphatic rings. The van der Waals surface area contributed by atoms with E-state index in [1.807, 2.05) is 0 Å². The van der Waals surface area contributed by atoms with Gasteiger partial charge < -0.3 is 15.8 Å².